The van der Waals surface area contributed by atoms with Crippen molar-refractivity contribution < 1.29 is 37.3 Å². The van der Waals surface area contributed by atoms with Crippen LogP contribution >= 0.6 is 0 Å². The topological polar surface area (TPSA) is 158 Å². The first-order valence-corrected chi connectivity index (χ1v) is 15.4. The lowest BCUT2D eigenvalue weighted by molar-refractivity contribution is -0.198. The maximum Gasteiger partial charge on any atom is 0.429 e. The Bertz CT molecular complexity index is 1640. The summed E-state index contributed by atoms with van der Waals surface area (Å²) in [6.07, 6.45) is -0.722. The number of carboxylic acid groups (broad SMARTS) is 1. The Balaban J connectivity index is 1.44. The molecule has 3 atom stereocenters. The van der Waals surface area contributed by atoms with Crippen LogP contribution in [0.1, 0.15) is 62.5 Å². The third-order valence-electron chi connectivity index (χ3n) is 8.79. The standard InChI is InChI=1S/C32H38F3N7O5/c1-4-24-31(18-22(37-24)29(44)45)11-14-41(15-12-31)25-17-26(39-30(36)38-25)47-28(32(33,34)35)21-16-20(7-9-27(43)46-5-2)6-8-23(21)42-13-10-19(3)40-42/h6-10,13,16-17,22,24,28,37H,4-5,11-12,14-15,18H2,1-3H3,(H,44,45)(H2,36,38,39)/b9-7+/t22?,24?,28-/m1/s1. The number of rotatable bonds is 10. The summed E-state index contributed by atoms with van der Waals surface area (Å²) in [5, 5.41) is 17.1. The van der Waals surface area contributed by atoms with Crippen molar-refractivity contribution in [3.8, 4) is 11.6 Å². The van der Waals surface area contributed by atoms with Gasteiger partial charge < -0.3 is 30.5 Å². The molecule has 2 aromatic heterocycles. The van der Waals surface area contributed by atoms with Gasteiger partial charge in [-0.3, -0.25) is 4.79 Å². The number of carbonyl (C=O) groups is 2. The van der Waals surface area contributed by atoms with Crippen molar-refractivity contribution in [2.75, 3.05) is 30.3 Å². The van der Waals surface area contributed by atoms with Crippen LogP contribution in [0.3, 0.4) is 0 Å². The Kier molecular flexibility index (Phi) is 9.75. The van der Waals surface area contributed by atoms with Gasteiger partial charge >= 0.3 is 18.1 Å². The molecule has 0 bridgehead atoms. The van der Waals surface area contributed by atoms with Crippen LogP contribution in [-0.2, 0) is 14.3 Å². The van der Waals surface area contributed by atoms with Gasteiger partial charge in [0, 0.05) is 43.0 Å². The van der Waals surface area contributed by atoms with Crippen molar-refractivity contribution in [2.45, 2.75) is 70.8 Å². The number of hydrogen-bond donors (Lipinski definition) is 3. The molecule has 2 unspecified atom stereocenters. The number of aryl methyl sites for hydroxylation is 1. The molecule has 5 rings (SSSR count). The lowest BCUT2D eigenvalue weighted by atomic mass is 9.71. The van der Waals surface area contributed by atoms with Crippen molar-refractivity contribution in [3.63, 3.8) is 0 Å². The Hall–Kier alpha value is -4.66. The monoisotopic (exact) mass is 657 g/mol. The fourth-order valence-electron chi connectivity index (χ4n) is 6.55. The van der Waals surface area contributed by atoms with Crippen LogP contribution in [0.4, 0.5) is 24.9 Å². The van der Waals surface area contributed by atoms with Gasteiger partial charge in [0.1, 0.15) is 11.9 Å². The van der Waals surface area contributed by atoms with Crippen molar-refractivity contribution in [1.82, 2.24) is 25.1 Å². The van der Waals surface area contributed by atoms with Gasteiger partial charge in [0.05, 0.1) is 18.0 Å². The number of nitrogens with one attached hydrogen (secondary N) is 1. The molecule has 12 nitrogen and oxygen atoms in total. The van der Waals surface area contributed by atoms with E-state index >= 15 is 0 Å². The molecule has 0 aliphatic carbocycles. The van der Waals surface area contributed by atoms with E-state index in [0.717, 1.165) is 12.5 Å². The van der Waals surface area contributed by atoms with Gasteiger partial charge in [-0.05, 0) is 74.8 Å². The summed E-state index contributed by atoms with van der Waals surface area (Å²) in [5.41, 5.74) is 6.54. The minimum absolute atomic E-state index is 0.0447. The highest BCUT2D eigenvalue weighted by Crippen LogP contribution is 2.46. The van der Waals surface area contributed by atoms with E-state index in [1.807, 2.05) is 11.8 Å². The van der Waals surface area contributed by atoms with E-state index in [1.54, 1.807) is 32.2 Å². The van der Waals surface area contributed by atoms with Gasteiger partial charge in [0.2, 0.25) is 17.9 Å². The number of nitrogens with zero attached hydrogens (tertiary/aromatic N) is 5. The number of ether oxygens (including phenoxy) is 2. The summed E-state index contributed by atoms with van der Waals surface area (Å²) in [6, 6.07) is 6.73. The molecule has 4 heterocycles. The highest BCUT2D eigenvalue weighted by atomic mass is 19.4. The predicted molar refractivity (Wildman–Crippen MR) is 167 cm³/mol. The molecule has 2 aliphatic heterocycles. The van der Waals surface area contributed by atoms with Crippen LogP contribution in [-0.4, -0.2) is 74.7 Å². The first-order valence-electron chi connectivity index (χ1n) is 15.4. The van der Waals surface area contributed by atoms with Crippen molar-refractivity contribution in [1.29, 1.82) is 0 Å². The molecule has 252 valence electrons. The van der Waals surface area contributed by atoms with Crippen LogP contribution in [0.5, 0.6) is 5.88 Å². The lowest BCUT2D eigenvalue weighted by Crippen LogP contribution is -2.46. The summed E-state index contributed by atoms with van der Waals surface area (Å²) < 4.78 is 56.4. The number of benzene rings is 1. The number of nitrogens with two attached hydrogens (primary N) is 1. The Morgan fingerprint density at radius 3 is 2.55 bits per heavy atom. The molecule has 0 amide bonds. The van der Waals surface area contributed by atoms with Crippen LogP contribution in [0.2, 0.25) is 0 Å². The van der Waals surface area contributed by atoms with E-state index in [-0.39, 0.29) is 41.1 Å². The molecule has 2 aliphatic rings. The molecule has 2 saturated heterocycles. The number of alkyl halides is 3. The number of anilines is 2. The van der Waals surface area contributed by atoms with E-state index in [0.29, 0.717) is 49.4 Å². The summed E-state index contributed by atoms with van der Waals surface area (Å²) in [4.78, 5) is 33.8. The molecule has 1 spiro atoms. The second-order valence-corrected chi connectivity index (χ2v) is 11.8. The number of aliphatic carboxylic acids is 1. The molecular weight excluding hydrogens is 619 g/mol. The molecule has 15 heteroatoms. The largest absolute Gasteiger partial charge is 0.480 e. The van der Waals surface area contributed by atoms with Crippen molar-refractivity contribution >= 4 is 29.8 Å². The average molecular weight is 658 g/mol. The third-order valence-corrected chi connectivity index (χ3v) is 8.79. The van der Waals surface area contributed by atoms with E-state index < -0.39 is 30.3 Å². The number of carboxylic acids is 1. The van der Waals surface area contributed by atoms with Gasteiger partial charge in [-0.25, -0.2) is 9.48 Å². The highest BCUT2D eigenvalue weighted by Gasteiger charge is 2.50. The zero-order valence-electron chi connectivity index (χ0n) is 26.3. The second-order valence-electron chi connectivity index (χ2n) is 11.8. The molecule has 4 N–H and O–H groups in total. The van der Waals surface area contributed by atoms with E-state index in [9.17, 15) is 27.9 Å². The molecule has 0 saturated carbocycles. The maximum absolute atomic E-state index is 14.8. The maximum atomic E-state index is 14.8. The van der Waals surface area contributed by atoms with Crippen molar-refractivity contribution in [2.24, 2.45) is 5.41 Å². The second kappa shape index (κ2) is 13.6. The van der Waals surface area contributed by atoms with Crippen LogP contribution in [0, 0.1) is 12.3 Å². The SMILES string of the molecule is CCOC(=O)/C=C/c1ccc(-n2ccc(C)n2)c([C@@H](Oc2cc(N3CCC4(CC3)CC(C(=O)O)NC4CC)nc(N)n2)C(F)(F)F)c1. The van der Waals surface area contributed by atoms with Gasteiger partial charge in [-0.2, -0.15) is 28.2 Å². The van der Waals surface area contributed by atoms with E-state index in [4.69, 9.17) is 15.2 Å². The summed E-state index contributed by atoms with van der Waals surface area (Å²) in [6.45, 7) is 6.54. The molecule has 0 radical (unpaired) electrons. The summed E-state index contributed by atoms with van der Waals surface area (Å²) >= 11 is 0. The Morgan fingerprint density at radius 2 is 1.94 bits per heavy atom. The zero-order valence-corrected chi connectivity index (χ0v) is 26.3. The number of nitrogen functional groups attached to an aromatic ring is 1. The summed E-state index contributed by atoms with van der Waals surface area (Å²) in [5.74, 6) is -1.82. The molecule has 1 aromatic carbocycles. The number of aromatic nitrogens is 4. The number of carbonyl (C=O) groups excluding carboxylic acids is 1. The number of hydrogen-bond acceptors (Lipinski definition) is 10. The molecule has 47 heavy (non-hydrogen) atoms. The number of halogens is 3. The van der Waals surface area contributed by atoms with Gasteiger partial charge in [-0.15, -0.1) is 0 Å². The van der Waals surface area contributed by atoms with Crippen molar-refractivity contribution in [3.05, 3.63) is 59.4 Å². The fourth-order valence-corrected chi connectivity index (χ4v) is 6.55. The number of esters is 1. The first-order chi connectivity index (χ1) is 22.3. The minimum Gasteiger partial charge on any atom is -0.480 e. The minimum atomic E-state index is -4.90. The molecule has 3 aromatic rings. The quantitative estimate of drug-likeness (QED) is 0.206. The van der Waals surface area contributed by atoms with Gasteiger partial charge in [0.25, 0.3) is 0 Å². The van der Waals surface area contributed by atoms with Crippen LogP contribution < -0.4 is 20.7 Å². The normalized spacial score (nSPS) is 20.1. The van der Waals surface area contributed by atoms with Gasteiger partial charge in [-0.1, -0.05) is 13.0 Å². The van der Waals surface area contributed by atoms with E-state index in [1.165, 1.54) is 29.0 Å². The Labute approximate surface area is 269 Å². The third kappa shape index (κ3) is 7.50. The zero-order chi connectivity index (χ0) is 33.9. The first kappa shape index (κ1) is 33.7. The predicted octanol–water partition coefficient (Wildman–Crippen LogP) is 4.62. The van der Waals surface area contributed by atoms with Gasteiger partial charge in [0.15, 0.2) is 0 Å². The average Bonchev–Trinajstić information content (AvgIpc) is 3.62. The lowest BCUT2D eigenvalue weighted by Gasteiger charge is -2.43. The smallest absolute Gasteiger partial charge is 0.429 e. The fraction of sp³-hybridized carbons (Fsp3) is 0.469. The van der Waals surface area contributed by atoms with E-state index in [2.05, 4.69) is 20.4 Å². The highest BCUT2D eigenvalue weighted by molar-refractivity contribution is 5.87. The van der Waals surface area contributed by atoms with Crippen LogP contribution in [0.15, 0.2) is 42.6 Å². The van der Waals surface area contributed by atoms with Crippen LogP contribution in [0.25, 0.3) is 11.8 Å². The summed E-state index contributed by atoms with van der Waals surface area (Å²) in [7, 11) is 0. The molecular formula is C32H38F3N7O5. The Morgan fingerprint density at radius 1 is 1.19 bits per heavy atom. The molecule has 2 fully saturated rings. The number of piperidine rings is 1.